The summed E-state index contributed by atoms with van der Waals surface area (Å²) < 4.78 is 0. The van der Waals surface area contributed by atoms with Gasteiger partial charge in [-0.2, -0.15) is 0 Å². The summed E-state index contributed by atoms with van der Waals surface area (Å²) in [6, 6.07) is 14.7. The fourth-order valence-electron chi connectivity index (χ4n) is 3.75. The Labute approximate surface area is 157 Å². The first-order valence-corrected chi connectivity index (χ1v) is 9.08. The Morgan fingerprint density at radius 1 is 1.15 bits per heavy atom. The van der Waals surface area contributed by atoms with Crippen LogP contribution in [0.25, 0.3) is 0 Å². The molecule has 1 atom stereocenters. The lowest BCUT2D eigenvalue weighted by atomic mass is 10.1. The van der Waals surface area contributed by atoms with E-state index in [-0.39, 0.29) is 24.1 Å². The van der Waals surface area contributed by atoms with Crippen LogP contribution in [-0.2, 0) is 27.3 Å². The molecule has 0 saturated carbocycles. The fourth-order valence-corrected chi connectivity index (χ4v) is 3.75. The van der Waals surface area contributed by atoms with Gasteiger partial charge in [-0.15, -0.1) is 0 Å². The average Bonchev–Trinajstić information content (AvgIpc) is 3.19. The van der Waals surface area contributed by atoms with Gasteiger partial charge in [-0.05, 0) is 35.7 Å². The molecular formula is C21H21N3O3. The van der Waals surface area contributed by atoms with Crippen molar-refractivity contribution in [3.8, 4) is 0 Å². The number of nitrogens with zero attached hydrogens (tertiary/aromatic N) is 2. The van der Waals surface area contributed by atoms with Crippen LogP contribution in [0.15, 0.2) is 48.5 Å². The minimum Gasteiger partial charge on any atom is -0.373 e. The number of anilines is 2. The van der Waals surface area contributed by atoms with E-state index in [9.17, 15) is 14.4 Å². The van der Waals surface area contributed by atoms with Crippen molar-refractivity contribution < 1.29 is 14.4 Å². The lowest BCUT2D eigenvalue weighted by Crippen LogP contribution is -2.34. The SMILES string of the molecule is CC(=O)N1CCc2cc(N[C@@H]3CC(=O)N(Cc4ccccc4)C3=O)ccc21. The van der Waals surface area contributed by atoms with Crippen molar-refractivity contribution in [2.24, 2.45) is 0 Å². The number of likely N-dealkylation sites (tertiary alicyclic amines) is 1. The van der Waals surface area contributed by atoms with Crippen LogP contribution in [0.4, 0.5) is 11.4 Å². The average molecular weight is 363 g/mol. The summed E-state index contributed by atoms with van der Waals surface area (Å²) in [6.45, 7) is 2.54. The molecule has 6 heteroatoms. The van der Waals surface area contributed by atoms with Crippen molar-refractivity contribution in [3.05, 3.63) is 59.7 Å². The normalized spacial score (nSPS) is 18.8. The number of imide groups is 1. The van der Waals surface area contributed by atoms with Gasteiger partial charge in [-0.25, -0.2) is 0 Å². The van der Waals surface area contributed by atoms with Gasteiger partial charge < -0.3 is 10.2 Å². The minimum absolute atomic E-state index is 0.0302. The van der Waals surface area contributed by atoms with E-state index < -0.39 is 6.04 Å². The van der Waals surface area contributed by atoms with Crippen LogP contribution in [0, 0.1) is 0 Å². The van der Waals surface area contributed by atoms with E-state index in [1.165, 1.54) is 4.90 Å². The summed E-state index contributed by atoms with van der Waals surface area (Å²) in [5.74, 6) is -0.331. The highest BCUT2D eigenvalue weighted by Gasteiger charge is 2.38. The smallest absolute Gasteiger partial charge is 0.252 e. The zero-order valence-electron chi connectivity index (χ0n) is 15.1. The third-order valence-electron chi connectivity index (χ3n) is 5.12. The van der Waals surface area contributed by atoms with Gasteiger partial charge in [0.25, 0.3) is 5.91 Å². The molecule has 27 heavy (non-hydrogen) atoms. The molecule has 2 aliphatic rings. The van der Waals surface area contributed by atoms with Gasteiger partial charge in [0, 0.05) is 24.8 Å². The highest BCUT2D eigenvalue weighted by molar-refractivity contribution is 6.06. The van der Waals surface area contributed by atoms with E-state index in [0.717, 1.165) is 28.9 Å². The second kappa shape index (κ2) is 6.87. The quantitative estimate of drug-likeness (QED) is 0.847. The molecule has 1 fully saturated rings. The molecule has 4 rings (SSSR count). The Morgan fingerprint density at radius 3 is 2.67 bits per heavy atom. The number of amides is 3. The molecule has 0 unspecified atom stereocenters. The van der Waals surface area contributed by atoms with Crippen molar-refractivity contribution in [3.63, 3.8) is 0 Å². The first kappa shape index (κ1) is 17.3. The van der Waals surface area contributed by atoms with Gasteiger partial charge in [0.05, 0.1) is 13.0 Å². The maximum absolute atomic E-state index is 12.7. The third-order valence-corrected chi connectivity index (χ3v) is 5.12. The van der Waals surface area contributed by atoms with Crippen molar-refractivity contribution in [1.82, 2.24) is 4.90 Å². The van der Waals surface area contributed by atoms with Crippen LogP contribution in [0.1, 0.15) is 24.5 Å². The van der Waals surface area contributed by atoms with E-state index in [0.29, 0.717) is 13.1 Å². The van der Waals surface area contributed by atoms with Gasteiger partial charge in [0.15, 0.2) is 0 Å². The molecule has 3 amide bonds. The predicted molar refractivity (Wildman–Crippen MR) is 102 cm³/mol. The highest BCUT2D eigenvalue weighted by Crippen LogP contribution is 2.31. The molecule has 0 aromatic heterocycles. The molecular weight excluding hydrogens is 342 g/mol. The van der Waals surface area contributed by atoms with E-state index in [4.69, 9.17) is 0 Å². The van der Waals surface area contributed by atoms with E-state index in [2.05, 4.69) is 5.32 Å². The highest BCUT2D eigenvalue weighted by atomic mass is 16.2. The summed E-state index contributed by atoms with van der Waals surface area (Å²) in [6.07, 6.45) is 0.949. The molecule has 2 heterocycles. The number of carbonyl (C=O) groups is 3. The molecule has 0 bridgehead atoms. The Hall–Kier alpha value is -3.15. The Balaban J connectivity index is 1.47. The minimum atomic E-state index is -0.551. The first-order valence-electron chi connectivity index (χ1n) is 9.08. The van der Waals surface area contributed by atoms with Gasteiger partial charge in [-0.1, -0.05) is 30.3 Å². The predicted octanol–water partition coefficient (Wildman–Crippen LogP) is 2.34. The fraction of sp³-hybridized carbons (Fsp3) is 0.286. The van der Waals surface area contributed by atoms with Gasteiger partial charge in [0.1, 0.15) is 6.04 Å². The number of rotatable bonds is 4. The van der Waals surface area contributed by atoms with E-state index >= 15 is 0 Å². The van der Waals surface area contributed by atoms with Crippen LogP contribution >= 0.6 is 0 Å². The standard InChI is InChI=1S/C21H21N3O3/c1-14(25)23-10-9-16-11-17(7-8-19(16)23)22-18-12-20(26)24(21(18)27)13-15-5-3-2-4-6-15/h2-8,11,18,22H,9-10,12-13H2,1H3/t18-/m1/s1. The molecule has 2 aromatic carbocycles. The number of carbonyl (C=O) groups excluding carboxylic acids is 3. The maximum atomic E-state index is 12.7. The largest absolute Gasteiger partial charge is 0.373 e. The second-order valence-corrected chi connectivity index (χ2v) is 6.97. The van der Waals surface area contributed by atoms with Gasteiger partial charge in [-0.3, -0.25) is 19.3 Å². The van der Waals surface area contributed by atoms with Gasteiger partial charge >= 0.3 is 0 Å². The van der Waals surface area contributed by atoms with Crippen LogP contribution in [0.2, 0.25) is 0 Å². The zero-order valence-corrected chi connectivity index (χ0v) is 15.1. The maximum Gasteiger partial charge on any atom is 0.252 e. The summed E-state index contributed by atoms with van der Waals surface area (Å²) in [4.78, 5) is 39.7. The molecule has 0 spiro atoms. The van der Waals surface area contributed by atoms with E-state index in [1.54, 1.807) is 11.8 Å². The Morgan fingerprint density at radius 2 is 1.93 bits per heavy atom. The molecule has 1 N–H and O–H groups in total. The molecule has 138 valence electrons. The topological polar surface area (TPSA) is 69.7 Å². The summed E-state index contributed by atoms with van der Waals surface area (Å²) in [5.41, 5.74) is 3.73. The second-order valence-electron chi connectivity index (χ2n) is 6.97. The molecule has 2 aromatic rings. The van der Waals surface area contributed by atoms with Crippen molar-refractivity contribution in [2.45, 2.75) is 32.4 Å². The Kier molecular flexibility index (Phi) is 4.39. The third kappa shape index (κ3) is 3.30. The van der Waals surface area contributed by atoms with Crippen LogP contribution in [0.3, 0.4) is 0 Å². The lowest BCUT2D eigenvalue weighted by Gasteiger charge is -2.17. The number of fused-ring (bicyclic) bond motifs is 1. The Bertz CT molecular complexity index is 910. The van der Waals surface area contributed by atoms with Crippen LogP contribution in [-0.4, -0.2) is 35.2 Å². The number of hydrogen-bond acceptors (Lipinski definition) is 4. The van der Waals surface area contributed by atoms with Crippen LogP contribution in [0.5, 0.6) is 0 Å². The summed E-state index contributed by atoms with van der Waals surface area (Å²) in [5, 5.41) is 3.20. The first-order chi connectivity index (χ1) is 13.0. The number of benzene rings is 2. The molecule has 2 aliphatic heterocycles. The van der Waals surface area contributed by atoms with E-state index in [1.807, 2.05) is 48.5 Å². The van der Waals surface area contributed by atoms with Crippen molar-refractivity contribution >= 4 is 29.1 Å². The van der Waals surface area contributed by atoms with Crippen molar-refractivity contribution in [2.75, 3.05) is 16.8 Å². The molecule has 0 aliphatic carbocycles. The molecule has 0 radical (unpaired) electrons. The summed E-state index contributed by atoms with van der Waals surface area (Å²) in [7, 11) is 0. The zero-order chi connectivity index (χ0) is 19.0. The lowest BCUT2D eigenvalue weighted by molar-refractivity contribution is -0.139. The van der Waals surface area contributed by atoms with Crippen molar-refractivity contribution in [1.29, 1.82) is 0 Å². The number of hydrogen-bond donors (Lipinski definition) is 1. The monoisotopic (exact) mass is 363 g/mol. The molecule has 1 saturated heterocycles. The van der Waals surface area contributed by atoms with Gasteiger partial charge in [0.2, 0.25) is 11.8 Å². The number of nitrogens with one attached hydrogen (secondary N) is 1. The summed E-state index contributed by atoms with van der Waals surface area (Å²) >= 11 is 0. The van der Waals surface area contributed by atoms with Crippen LogP contribution < -0.4 is 10.2 Å². The molecule has 6 nitrogen and oxygen atoms in total.